The molecule has 1 atom stereocenters. The number of carboxylic acid groups (broad SMARTS) is 2. The van der Waals surface area contributed by atoms with Gasteiger partial charge in [-0.05, 0) is 40.3 Å². The van der Waals surface area contributed by atoms with E-state index in [1.807, 2.05) is 0 Å². The summed E-state index contributed by atoms with van der Waals surface area (Å²) in [5.74, 6) is -2.32. The van der Waals surface area contributed by atoms with E-state index in [0.717, 1.165) is 0 Å². The van der Waals surface area contributed by atoms with Gasteiger partial charge in [-0.3, -0.25) is 0 Å². The van der Waals surface area contributed by atoms with Crippen LogP contribution >= 0.6 is 0 Å². The number of aromatic carboxylic acids is 2. The van der Waals surface area contributed by atoms with Gasteiger partial charge >= 0.3 is 11.9 Å². The molecule has 150 valence electrons. The molecule has 0 aliphatic heterocycles. The van der Waals surface area contributed by atoms with E-state index in [0.29, 0.717) is 10.4 Å². The Morgan fingerprint density at radius 1 is 0.833 bits per heavy atom. The molecule has 1 aliphatic carbocycles. The third-order valence-electron chi connectivity index (χ3n) is 5.37. The number of hydrogen-bond donors (Lipinski definition) is 4. The number of carbonyl (C=O) groups is 2. The van der Waals surface area contributed by atoms with Crippen LogP contribution in [0.4, 0.5) is 0 Å². The molecule has 0 fully saturated rings. The normalized spacial score (nSPS) is 17.7. The summed E-state index contributed by atoms with van der Waals surface area (Å²) >= 11 is 0. The molecule has 0 amide bonds. The van der Waals surface area contributed by atoms with Crippen molar-refractivity contribution in [3.63, 3.8) is 0 Å². The Labute approximate surface area is 171 Å². The minimum absolute atomic E-state index is 0.0109. The topological polar surface area (TPSA) is 115 Å². The lowest BCUT2D eigenvalue weighted by molar-refractivity contribution is 0.0664. The first kappa shape index (κ1) is 19.4. The van der Waals surface area contributed by atoms with Crippen molar-refractivity contribution >= 4 is 23.6 Å². The van der Waals surface area contributed by atoms with Crippen molar-refractivity contribution in [2.24, 2.45) is 0 Å². The summed E-state index contributed by atoms with van der Waals surface area (Å²) in [6, 6.07) is 17.0. The summed E-state index contributed by atoms with van der Waals surface area (Å²) < 4.78 is 0. The van der Waals surface area contributed by atoms with Gasteiger partial charge in [0.05, 0.1) is 11.1 Å². The van der Waals surface area contributed by atoms with E-state index in [2.05, 4.69) is 0 Å². The second-order valence-electron chi connectivity index (χ2n) is 7.12. The molecule has 0 radical (unpaired) electrons. The Morgan fingerprint density at radius 3 is 2.17 bits per heavy atom. The average molecular weight is 402 g/mol. The summed E-state index contributed by atoms with van der Waals surface area (Å²) in [6.07, 6.45) is 1.72. The van der Waals surface area contributed by atoms with Crippen LogP contribution in [0.3, 0.4) is 0 Å². The second-order valence-corrected chi connectivity index (χ2v) is 7.12. The predicted molar refractivity (Wildman–Crippen MR) is 110 cm³/mol. The van der Waals surface area contributed by atoms with Gasteiger partial charge in [-0.15, -0.1) is 0 Å². The van der Waals surface area contributed by atoms with Crippen molar-refractivity contribution in [1.29, 1.82) is 0 Å². The van der Waals surface area contributed by atoms with Crippen LogP contribution in [0.5, 0.6) is 5.75 Å². The van der Waals surface area contributed by atoms with Crippen molar-refractivity contribution in [3.05, 3.63) is 99.4 Å². The van der Waals surface area contributed by atoms with E-state index in [1.54, 1.807) is 42.5 Å². The standard InChI is InChI=1S/C24H18O6/c25-15-9-10-16-14(13-15)11-12-24(30,20-8-4-3-7-19(20)23(28)29)21(16)17-5-1-2-6-18(17)22(26)27/h1-11,13,25,30H,12H2,(H,26,27)(H,28,29). The lowest BCUT2D eigenvalue weighted by Gasteiger charge is -2.35. The summed E-state index contributed by atoms with van der Waals surface area (Å²) in [5.41, 5.74) is -1.13. The number of benzene rings is 3. The molecule has 1 aliphatic rings. The molecular weight excluding hydrogens is 384 g/mol. The number of aliphatic hydroxyl groups is 1. The van der Waals surface area contributed by atoms with E-state index in [-0.39, 0.29) is 40.0 Å². The monoisotopic (exact) mass is 402 g/mol. The molecule has 0 saturated carbocycles. The van der Waals surface area contributed by atoms with Crippen molar-refractivity contribution in [2.75, 3.05) is 0 Å². The third-order valence-corrected chi connectivity index (χ3v) is 5.37. The number of carboxylic acids is 2. The second kappa shape index (κ2) is 7.17. The minimum Gasteiger partial charge on any atom is -0.508 e. The van der Waals surface area contributed by atoms with Gasteiger partial charge < -0.3 is 20.4 Å². The fourth-order valence-electron chi connectivity index (χ4n) is 4.06. The van der Waals surface area contributed by atoms with Crippen LogP contribution in [0.15, 0.2) is 66.7 Å². The summed E-state index contributed by atoms with van der Waals surface area (Å²) in [7, 11) is 0. The van der Waals surface area contributed by atoms with Crippen LogP contribution in [0, 0.1) is 0 Å². The Kier molecular flexibility index (Phi) is 4.64. The van der Waals surface area contributed by atoms with Crippen LogP contribution in [-0.2, 0) is 5.60 Å². The van der Waals surface area contributed by atoms with Gasteiger partial charge in [-0.25, -0.2) is 9.59 Å². The van der Waals surface area contributed by atoms with E-state index < -0.39 is 17.5 Å². The molecule has 0 aromatic heterocycles. The predicted octanol–water partition coefficient (Wildman–Crippen LogP) is 2.06. The van der Waals surface area contributed by atoms with Gasteiger partial charge in [0.1, 0.15) is 11.4 Å². The van der Waals surface area contributed by atoms with Crippen LogP contribution in [0.1, 0.15) is 38.3 Å². The molecule has 3 aromatic rings. The van der Waals surface area contributed by atoms with Crippen molar-refractivity contribution < 1.29 is 30.0 Å². The first-order valence-corrected chi connectivity index (χ1v) is 9.25. The zero-order valence-electron chi connectivity index (χ0n) is 15.7. The van der Waals surface area contributed by atoms with Gasteiger partial charge in [0.25, 0.3) is 0 Å². The number of hydrogen-bond acceptors (Lipinski definition) is 4. The number of aromatic hydroxyl groups is 1. The molecular formula is C24H18O6. The highest BCUT2D eigenvalue weighted by atomic mass is 16.4. The summed E-state index contributed by atoms with van der Waals surface area (Å²) in [4.78, 5) is 23.8. The molecule has 0 heterocycles. The molecule has 0 spiro atoms. The van der Waals surface area contributed by atoms with Crippen molar-refractivity contribution in [3.8, 4) is 5.75 Å². The van der Waals surface area contributed by atoms with Crippen LogP contribution in [0.25, 0.3) is 11.6 Å². The number of rotatable bonds is 4. The molecule has 3 aromatic carbocycles. The molecule has 4 N–H and O–H groups in total. The Balaban J connectivity index is 2.16. The number of fused-ring (bicyclic) bond motifs is 1. The quantitative estimate of drug-likeness (QED) is 0.531. The first-order chi connectivity index (χ1) is 14.3. The maximum atomic E-state index is 11.9. The molecule has 6 nitrogen and oxygen atoms in total. The van der Waals surface area contributed by atoms with Crippen LogP contribution < -0.4 is 10.4 Å². The Bertz CT molecular complexity index is 1310. The SMILES string of the molecule is O=C(O)c1ccccc1C1=c2ccc(O)cc2=CCC1(O)c1ccccc1C(=O)O. The molecule has 30 heavy (non-hydrogen) atoms. The van der Waals surface area contributed by atoms with E-state index in [4.69, 9.17) is 0 Å². The fourth-order valence-corrected chi connectivity index (χ4v) is 4.06. The van der Waals surface area contributed by atoms with Crippen LogP contribution in [0.2, 0.25) is 0 Å². The highest BCUT2D eigenvalue weighted by molar-refractivity contribution is 5.97. The summed E-state index contributed by atoms with van der Waals surface area (Å²) in [6.45, 7) is 0. The van der Waals surface area contributed by atoms with Crippen LogP contribution in [-0.4, -0.2) is 32.4 Å². The highest BCUT2D eigenvalue weighted by Crippen LogP contribution is 2.41. The average Bonchev–Trinajstić information content (AvgIpc) is 2.74. The van der Waals surface area contributed by atoms with Gasteiger partial charge in [0.2, 0.25) is 0 Å². The van der Waals surface area contributed by atoms with E-state index >= 15 is 0 Å². The maximum Gasteiger partial charge on any atom is 0.336 e. The molecule has 0 saturated heterocycles. The smallest absolute Gasteiger partial charge is 0.336 e. The maximum absolute atomic E-state index is 11.9. The molecule has 0 bridgehead atoms. The van der Waals surface area contributed by atoms with Gasteiger partial charge in [-0.1, -0.05) is 48.5 Å². The van der Waals surface area contributed by atoms with Crippen molar-refractivity contribution in [2.45, 2.75) is 12.0 Å². The van der Waals surface area contributed by atoms with Gasteiger partial charge in [0.15, 0.2) is 0 Å². The number of phenolic OH excluding ortho intramolecular Hbond substituents is 1. The summed E-state index contributed by atoms with van der Waals surface area (Å²) in [5, 5.41) is 42.4. The fraction of sp³-hybridized carbons (Fsp3) is 0.0833. The van der Waals surface area contributed by atoms with E-state index in [1.165, 1.54) is 30.3 Å². The molecule has 4 rings (SSSR count). The lowest BCUT2D eigenvalue weighted by Crippen LogP contribution is -2.42. The first-order valence-electron chi connectivity index (χ1n) is 9.25. The van der Waals surface area contributed by atoms with Gasteiger partial charge in [0, 0.05) is 17.6 Å². The minimum atomic E-state index is -1.79. The lowest BCUT2D eigenvalue weighted by atomic mass is 9.73. The highest BCUT2D eigenvalue weighted by Gasteiger charge is 2.40. The van der Waals surface area contributed by atoms with E-state index in [9.17, 15) is 30.0 Å². The van der Waals surface area contributed by atoms with Crippen molar-refractivity contribution in [1.82, 2.24) is 0 Å². The zero-order valence-corrected chi connectivity index (χ0v) is 15.7. The number of phenols is 1. The zero-order chi connectivity index (χ0) is 21.5. The third kappa shape index (κ3) is 3.03. The molecule has 6 heteroatoms. The Hall–Kier alpha value is -3.90. The Morgan fingerprint density at radius 2 is 1.47 bits per heavy atom. The van der Waals surface area contributed by atoms with Gasteiger partial charge in [-0.2, -0.15) is 0 Å². The molecule has 1 unspecified atom stereocenters. The largest absolute Gasteiger partial charge is 0.508 e.